The van der Waals surface area contributed by atoms with Crippen LogP contribution < -0.4 is 5.32 Å². The molecular weight excluding hydrogens is 260 g/mol. The molecule has 4 heteroatoms. The predicted octanol–water partition coefficient (Wildman–Crippen LogP) is 2.50. The highest BCUT2D eigenvalue weighted by Crippen LogP contribution is 2.57. The molecular formula is C17H28N4. The average molecular weight is 288 g/mol. The van der Waals surface area contributed by atoms with Gasteiger partial charge in [0.25, 0.3) is 0 Å². The molecule has 1 heterocycles. The van der Waals surface area contributed by atoms with Gasteiger partial charge in [-0.25, -0.2) is 4.98 Å². The minimum absolute atomic E-state index is 0.578. The molecule has 4 bridgehead atoms. The Morgan fingerprint density at radius 1 is 1.19 bits per heavy atom. The minimum Gasteiger partial charge on any atom is -0.316 e. The first-order chi connectivity index (χ1) is 10.3. The van der Waals surface area contributed by atoms with Crippen molar-refractivity contribution in [1.82, 2.24) is 20.1 Å². The van der Waals surface area contributed by atoms with Crippen molar-refractivity contribution in [2.45, 2.75) is 58.0 Å². The number of nitrogens with zero attached hydrogens (tertiary/aromatic N) is 3. The number of hydrogen-bond donors (Lipinski definition) is 1. The quantitative estimate of drug-likeness (QED) is 0.905. The summed E-state index contributed by atoms with van der Waals surface area (Å²) < 4.78 is 2.06. The van der Waals surface area contributed by atoms with Crippen LogP contribution in [0.1, 0.15) is 44.9 Å². The highest BCUT2D eigenvalue weighted by Gasteiger charge is 2.50. The van der Waals surface area contributed by atoms with Gasteiger partial charge in [0.15, 0.2) is 0 Å². The van der Waals surface area contributed by atoms with Crippen LogP contribution in [0, 0.1) is 29.6 Å². The van der Waals surface area contributed by atoms with Gasteiger partial charge in [0.2, 0.25) is 0 Å². The van der Waals surface area contributed by atoms with Crippen molar-refractivity contribution >= 4 is 0 Å². The lowest BCUT2D eigenvalue weighted by atomic mass is 9.50. The van der Waals surface area contributed by atoms with E-state index in [0.29, 0.717) is 6.04 Å². The number of likely N-dealkylation sites (N-methyl/N-ethyl adjacent to an activating group) is 1. The van der Waals surface area contributed by atoms with Crippen LogP contribution in [-0.4, -0.2) is 27.9 Å². The van der Waals surface area contributed by atoms with E-state index in [4.69, 9.17) is 0 Å². The van der Waals surface area contributed by atoms with Gasteiger partial charge in [-0.1, -0.05) is 0 Å². The van der Waals surface area contributed by atoms with Crippen LogP contribution in [0.15, 0.2) is 6.33 Å². The predicted molar refractivity (Wildman–Crippen MR) is 82.8 cm³/mol. The number of nitrogens with one attached hydrogen (secondary N) is 1. The third-order valence-corrected chi connectivity index (χ3v) is 6.53. The number of aryl methyl sites for hydroxylation is 1. The summed E-state index contributed by atoms with van der Waals surface area (Å²) in [5.41, 5.74) is 0. The monoisotopic (exact) mass is 288 g/mol. The lowest BCUT2D eigenvalue weighted by molar-refractivity contribution is -0.0510. The van der Waals surface area contributed by atoms with Gasteiger partial charge in [-0.15, -0.1) is 0 Å². The summed E-state index contributed by atoms with van der Waals surface area (Å²) >= 11 is 0. The fourth-order valence-electron chi connectivity index (χ4n) is 5.96. The number of rotatable bonds is 5. The molecule has 0 saturated heterocycles. The molecule has 4 aliphatic carbocycles. The van der Waals surface area contributed by atoms with Crippen molar-refractivity contribution in [3.63, 3.8) is 0 Å². The fourth-order valence-corrected chi connectivity index (χ4v) is 5.96. The standard InChI is InChI=1S/C17H28N4/c1-3-21-16(19-10-20-21)9-15(18-2)17-13-5-11-4-12(7-13)8-14(17)6-11/h10-15,17-18H,3-9H2,1-2H3. The average Bonchev–Trinajstić information content (AvgIpc) is 2.92. The Bertz CT molecular complexity index is 467. The molecule has 5 rings (SSSR count). The molecule has 1 atom stereocenters. The highest BCUT2D eigenvalue weighted by molar-refractivity contribution is 5.03. The Kier molecular flexibility index (Phi) is 3.52. The summed E-state index contributed by atoms with van der Waals surface area (Å²) in [4.78, 5) is 4.50. The molecule has 0 aliphatic heterocycles. The molecule has 21 heavy (non-hydrogen) atoms. The number of hydrogen-bond acceptors (Lipinski definition) is 3. The lowest BCUT2D eigenvalue weighted by Gasteiger charge is -2.56. The Hall–Kier alpha value is -0.900. The van der Waals surface area contributed by atoms with Crippen molar-refractivity contribution in [3.05, 3.63) is 12.2 Å². The molecule has 1 aromatic heterocycles. The molecule has 0 radical (unpaired) electrons. The third-order valence-electron chi connectivity index (χ3n) is 6.53. The van der Waals surface area contributed by atoms with Crippen LogP contribution in [0.5, 0.6) is 0 Å². The molecule has 0 aromatic carbocycles. The Balaban J connectivity index is 1.53. The Labute approximate surface area is 127 Å². The van der Waals surface area contributed by atoms with Crippen LogP contribution in [0.2, 0.25) is 0 Å². The van der Waals surface area contributed by atoms with Gasteiger partial charge < -0.3 is 5.32 Å². The van der Waals surface area contributed by atoms with E-state index in [1.54, 1.807) is 6.33 Å². The lowest BCUT2D eigenvalue weighted by Crippen LogP contribution is -2.53. The van der Waals surface area contributed by atoms with E-state index in [1.165, 1.54) is 32.1 Å². The van der Waals surface area contributed by atoms with Crippen LogP contribution >= 0.6 is 0 Å². The second-order valence-corrected chi connectivity index (χ2v) is 7.60. The van der Waals surface area contributed by atoms with Gasteiger partial charge >= 0.3 is 0 Å². The third kappa shape index (κ3) is 2.32. The minimum atomic E-state index is 0.578. The topological polar surface area (TPSA) is 42.7 Å². The molecule has 0 amide bonds. The summed E-state index contributed by atoms with van der Waals surface area (Å²) in [7, 11) is 2.14. The Morgan fingerprint density at radius 3 is 2.43 bits per heavy atom. The molecule has 4 saturated carbocycles. The molecule has 4 aliphatic rings. The van der Waals surface area contributed by atoms with E-state index >= 15 is 0 Å². The smallest absolute Gasteiger partial charge is 0.138 e. The highest BCUT2D eigenvalue weighted by atomic mass is 15.3. The van der Waals surface area contributed by atoms with Crippen molar-refractivity contribution < 1.29 is 0 Å². The molecule has 0 spiro atoms. The maximum Gasteiger partial charge on any atom is 0.138 e. The first-order valence-corrected chi connectivity index (χ1v) is 8.82. The largest absolute Gasteiger partial charge is 0.316 e. The van der Waals surface area contributed by atoms with E-state index in [9.17, 15) is 0 Å². The van der Waals surface area contributed by atoms with E-state index in [2.05, 4.69) is 34.1 Å². The van der Waals surface area contributed by atoms with Crippen molar-refractivity contribution in [2.24, 2.45) is 29.6 Å². The first-order valence-electron chi connectivity index (χ1n) is 8.82. The van der Waals surface area contributed by atoms with Crippen molar-refractivity contribution in [1.29, 1.82) is 0 Å². The molecule has 1 N–H and O–H groups in total. The van der Waals surface area contributed by atoms with Gasteiger partial charge in [-0.3, -0.25) is 4.68 Å². The maximum absolute atomic E-state index is 4.50. The first kappa shape index (κ1) is 13.7. The zero-order chi connectivity index (χ0) is 14.4. The van der Waals surface area contributed by atoms with E-state index < -0.39 is 0 Å². The van der Waals surface area contributed by atoms with E-state index in [0.717, 1.165) is 48.4 Å². The summed E-state index contributed by atoms with van der Waals surface area (Å²) in [6.45, 7) is 3.07. The van der Waals surface area contributed by atoms with Gasteiger partial charge in [0, 0.05) is 19.0 Å². The molecule has 4 fully saturated rings. The molecule has 1 unspecified atom stereocenters. The summed E-state index contributed by atoms with van der Waals surface area (Å²) in [5, 5.41) is 7.97. The zero-order valence-electron chi connectivity index (χ0n) is 13.3. The van der Waals surface area contributed by atoms with Gasteiger partial charge in [-0.05, 0) is 75.7 Å². The normalized spacial score (nSPS) is 38.9. The summed E-state index contributed by atoms with van der Waals surface area (Å²) in [6.07, 6.45) is 10.3. The van der Waals surface area contributed by atoms with Gasteiger partial charge in [0.05, 0.1) is 0 Å². The van der Waals surface area contributed by atoms with Crippen molar-refractivity contribution in [2.75, 3.05) is 7.05 Å². The SMILES string of the molecule is CCn1ncnc1CC(NC)C1C2CC3CC(C2)CC1C3. The molecule has 116 valence electrons. The van der Waals surface area contributed by atoms with E-state index in [1.807, 2.05) is 0 Å². The van der Waals surface area contributed by atoms with Crippen LogP contribution in [0.4, 0.5) is 0 Å². The molecule has 4 nitrogen and oxygen atoms in total. The Morgan fingerprint density at radius 2 is 1.86 bits per heavy atom. The molecule has 1 aromatic rings. The van der Waals surface area contributed by atoms with Crippen molar-refractivity contribution in [3.8, 4) is 0 Å². The van der Waals surface area contributed by atoms with Crippen LogP contribution in [0.3, 0.4) is 0 Å². The summed E-state index contributed by atoms with van der Waals surface area (Å²) in [5.74, 6) is 6.07. The number of aromatic nitrogens is 3. The van der Waals surface area contributed by atoms with Gasteiger partial charge in [0.1, 0.15) is 12.2 Å². The maximum atomic E-state index is 4.50. The zero-order valence-corrected chi connectivity index (χ0v) is 13.3. The van der Waals surface area contributed by atoms with Gasteiger partial charge in [-0.2, -0.15) is 5.10 Å². The second-order valence-electron chi connectivity index (χ2n) is 7.60. The second kappa shape index (κ2) is 5.38. The van der Waals surface area contributed by atoms with Crippen LogP contribution in [-0.2, 0) is 13.0 Å². The summed E-state index contributed by atoms with van der Waals surface area (Å²) in [6, 6.07) is 0.578. The van der Waals surface area contributed by atoms with E-state index in [-0.39, 0.29) is 0 Å². The fraction of sp³-hybridized carbons (Fsp3) is 0.882. The van der Waals surface area contributed by atoms with Crippen LogP contribution in [0.25, 0.3) is 0 Å².